The van der Waals surface area contributed by atoms with Crippen molar-refractivity contribution in [2.45, 2.75) is 57.8 Å². The van der Waals surface area contributed by atoms with Crippen LogP contribution in [0.1, 0.15) is 34.1 Å². The van der Waals surface area contributed by atoms with Gasteiger partial charge in [-0.25, -0.2) is 0 Å². The van der Waals surface area contributed by atoms with Gasteiger partial charge >= 0.3 is 5.97 Å². The van der Waals surface area contributed by atoms with Gasteiger partial charge in [0.05, 0.1) is 19.8 Å². The first-order valence-electron chi connectivity index (χ1n) is 6.52. The van der Waals surface area contributed by atoms with E-state index in [2.05, 4.69) is 25.7 Å². The summed E-state index contributed by atoms with van der Waals surface area (Å²) in [7, 11) is 1.37. The van der Waals surface area contributed by atoms with Gasteiger partial charge in [0.25, 0.3) is 0 Å². The lowest BCUT2D eigenvalue weighted by molar-refractivity contribution is -0.147. The smallest absolute Gasteiger partial charge is 0.325 e. The molecule has 1 rings (SSSR count). The molecule has 106 valence electrons. The minimum Gasteiger partial charge on any atom is -0.468 e. The summed E-state index contributed by atoms with van der Waals surface area (Å²) >= 11 is 0. The third-order valence-corrected chi connectivity index (χ3v) is 3.59. The maximum atomic E-state index is 11.6. The summed E-state index contributed by atoms with van der Waals surface area (Å²) in [6.07, 6.45) is 0.808. The van der Waals surface area contributed by atoms with Crippen molar-refractivity contribution in [2.75, 3.05) is 20.3 Å². The van der Waals surface area contributed by atoms with Crippen LogP contribution in [0.2, 0.25) is 0 Å². The van der Waals surface area contributed by atoms with Crippen LogP contribution in [0.5, 0.6) is 0 Å². The number of carbonyl (C=O) groups is 1. The number of ether oxygens (including phenoxy) is 2. The Morgan fingerprint density at radius 1 is 1.61 bits per heavy atom. The summed E-state index contributed by atoms with van der Waals surface area (Å²) < 4.78 is 10.3. The van der Waals surface area contributed by atoms with E-state index in [1.807, 2.05) is 0 Å². The average molecular weight is 258 g/mol. The number of carbonyl (C=O) groups excluding carboxylic acids is 1. The molecule has 0 aromatic heterocycles. The third kappa shape index (κ3) is 3.67. The fourth-order valence-corrected chi connectivity index (χ4v) is 2.59. The maximum Gasteiger partial charge on any atom is 0.325 e. The first kappa shape index (κ1) is 15.4. The molecule has 1 heterocycles. The molecule has 1 aliphatic rings. The monoisotopic (exact) mass is 258 g/mol. The van der Waals surface area contributed by atoms with E-state index in [4.69, 9.17) is 15.2 Å². The van der Waals surface area contributed by atoms with Crippen molar-refractivity contribution in [3.05, 3.63) is 0 Å². The third-order valence-electron chi connectivity index (χ3n) is 3.59. The molecule has 18 heavy (non-hydrogen) atoms. The molecule has 0 saturated carbocycles. The Morgan fingerprint density at radius 2 is 2.22 bits per heavy atom. The van der Waals surface area contributed by atoms with Gasteiger partial charge in [-0.05, 0) is 34.1 Å². The molecule has 0 bridgehead atoms. The zero-order valence-electron chi connectivity index (χ0n) is 12.1. The van der Waals surface area contributed by atoms with Crippen LogP contribution in [-0.2, 0) is 14.3 Å². The van der Waals surface area contributed by atoms with E-state index >= 15 is 0 Å². The molecule has 4 atom stereocenters. The van der Waals surface area contributed by atoms with Crippen molar-refractivity contribution in [2.24, 2.45) is 5.73 Å². The van der Waals surface area contributed by atoms with Gasteiger partial charge in [0.15, 0.2) is 0 Å². The lowest BCUT2D eigenvalue weighted by Crippen LogP contribution is -2.56. The van der Waals surface area contributed by atoms with Crippen molar-refractivity contribution >= 4 is 5.97 Å². The molecule has 0 aliphatic carbocycles. The molecule has 2 N–H and O–H groups in total. The second-order valence-corrected chi connectivity index (χ2v) is 5.65. The second kappa shape index (κ2) is 5.99. The van der Waals surface area contributed by atoms with E-state index in [0.717, 1.165) is 13.2 Å². The second-order valence-electron chi connectivity index (χ2n) is 5.65. The zero-order chi connectivity index (χ0) is 13.9. The quantitative estimate of drug-likeness (QED) is 0.754. The van der Waals surface area contributed by atoms with E-state index in [1.54, 1.807) is 6.92 Å². The predicted octanol–water partition coefficient (Wildman–Crippen LogP) is 0.765. The summed E-state index contributed by atoms with van der Waals surface area (Å²) in [5, 5.41) is 0. The largest absolute Gasteiger partial charge is 0.468 e. The Bertz CT molecular complexity index is 294. The van der Waals surface area contributed by atoms with Crippen LogP contribution < -0.4 is 5.73 Å². The van der Waals surface area contributed by atoms with Gasteiger partial charge in [-0.1, -0.05) is 0 Å². The summed E-state index contributed by atoms with van der Waals surface area (Å²) in [6.45, 7) is 9.62. The number of hydrogen-bond donors (Lipinski definition) is 1. The molecule has 0 spiro atoms. The number of nitrogens with two attached hydrogens (primary N) is 1. The highest BCUT2D eigenvalue weighted by Gasteiger charge is 2.35. The van der Waals surface area contributed by atoms with Gasteiger partial charge in [-0.3, -0.25) is 9.69 Å². The van der Waals surface area contributed by atoms with Crippen molar-refractivity contribution < 1.29 is 14.3 Å². The highest BCUT2D eigenvalue weighted by molar-refractivity contribution is 5.79. The predicted molar refractivity (Wildman–Crippen MR) is 70.3 cm³/mol. The van der Waals surface area contributed by atoms with Crippen LogP contribution in [0, 0.1) is 0 Å². The Morgan fingerprint density at radius 3 is 2.78 bits per heavy atom. The van der Waals surface area contributed by atoms with Gasteiger partial charge < -0.3 is 15.2 Å². The molecule has 0 amide bonds. The first-order valence-corrected chi connectivity index (χ1v) is 6.52. The molecule has 1 aliphatic heterocycles. The van der Waals surface area contributed by atoms with Crippen LogP contribution in [0.25, 0.3) is 0 Å². The molecule has 5 heteroatoms. The topological polar surface area (TPSA) is 64.8 Å². The molecular weight excluding hydrogens is 232 g/mol. The minimum atomic E-state index is -0.935. The highest BCUT2D eigenvalue weighted by atomic mass is 16.5. The van der Waals surface area contributed by atoms with E-state index in [-0.39, 0.29) is 18.1 Å². The first-order chi connectivity index (χ1) is 8.27. The molecule has 0 aromatic rings. The van der Waals surface area contributed by atoms with E-state index in [1.165, 1.54) is 7.11 Å². The number of morpholine rings is 1. The van der Waals surface area contributed by atoms with Crippen LogP contribution in [0.15, 0.2) is 0 Å². The standard InChI is InChI=1S/C13H26N2O3/c1-9(6-13(4,14)12(16)17-5)15-7-11(3)18-8-10(15)2/h9-11H,6-8,14H2,1-5H3. The molecule has 5 nitrogen and oxygen atoms in total. The molecule has 4 unspecified atom stereocenters. The highest BCUT2D eigenvalue weighted by Crippen LogP contribution is 2.21. The Balaban J connectivity index is 2.63. The number of hydrogen-bond acceptors (Lipinski definition) is 5. The molecule has 1 saturated heterocycles. The summed E-state index contributed by atoms with van der Waals surface area (Å²) in [6, 6.07) is 0.574. The fraction of sp³-hybridized carbons (Fsp3) is 0.923. The zero-order valence-corrected chi connectivity index (χ0v) is 12.1. The lowest BCUT2D eigenvalue weighted by atomic mass is 9.93. The SMILES string of the molecule is COC(=O)C(C)(N)CC(C)N1CC(C)OCC1C. The van der Waals surface area contributed by atoms with E-state index in [0.29, 0.717) is 12.5 Å². The van der Waals surface area contributed by atoms with Crippen molar-refractivity contribution in [3.8, 4) is 0 Å². The van der Waals surface area contributed by atoms with Crippen LogP contribution in [0.3, 0.4) is 0 Å². The number of nitrogens with zero attached hydrogens (tertiary/aromatic N) is 1. The number of methoxy groups -OCH3 is 1. The Labute approximate surface area is 110 Å². The van der Waals surface area contributed by atoms with Crippen LogP contribution in [-0.4, -0.2) is 54.9 Å². The normalized spacial score (nSPS) is 30.6. The van der Waals surface area contributed by atoms with Crippen molar-refractivity contribution in [1.82, 2.24) is 4.90 Å². The number of esters is 1. The maximum absolute atomic E-state index is 11.6. The molecular formula is C13H26N2O3. The Kier molecular flexibility index (Phi) is 5.13. The minimum absolute atomic E-state index is 0.223. The Hall–Kier alpha value is -0.650. The van der Waals surface area contributed by atoms with Gasteiger partial charge in [0.2, 0.25) is 0 Å². The average Bonchev–Trinajstić information content (AvgIpc) is 2.30. The summed E-state index contributed by atoms with van der Waals surface area (Å²) in [5.74, 6) is -0.358. The van der Waals surface area contributed by atoms with E-state index in [9.17, 15) is 4.79 Å². The lowest BCUT2D eigenvalue weighted by Gasteiger charge is -2.42. The van der Waals surface area contributed by atoms with Gasteiger partial charge in [-0.2, -0.15) is 0 Å². The van der Waals surface area contributed by atoms with Crippen molar-refractivity contribution in [3.63, 3.8) is 0 Å². The van der Waals surface area contributed by atoms with Gasteiger partial charge in [0.1, 0.15) is 5.54 Å². The molecule has 1 fully saturated rings. The molecule has 0 radical (unpaired) electrons. The summed E-state index contributed by atoms with van der Waals surface area (Å²) in [5.41, 5.74) is 5.09. The fourth-order valence-electron chi connectivity index (χ4n) is 2.59. The number of rotatable bonds is 4. The van der Waals surface area contributed by atoms with Crippen molar-refractivity contribution in [1.29, 1.82) is 0 Å². The van der Waals surface area contributed by atoms with Crippen LogP contribution >= 0.6 is 0 Å². The molecule has 0 aromatic carbocycles. The van der Waals surface area contributed by atoms with E-state index < -0.39 is 5.54 Å². The van der Waals surface area contributed by atoms with Crippen LogP contribution in [0.4, 0.5) is 0 Å². The summed E-state index contributed by atoms with van der Waals surface area (Å²) in [4.78, 5) is 14.0. The van der Waals surface area contributed by atoms with Gasteiger partial charge in [-0.15, -0.1) is 0 Å². The van der Waals surface area contributed by atoms with Gasteiger partial charge in [0, 0.05) is 18.6 Å².